The van der Waals surface area contributed by atoms with Crippen LogP contribution < -0.4 is 0 Å². The monoisotopic (exact) mass is 458 g/mol. The third kappa shape index (κ3) is 4.80. The highest BCUT2D eigenvalue weighted by atomic mass is 35.5. The minimum atomic E-state index is -1.04. The quantitative estimate of drug-likeness (QED) is 0.551. The SMILES string of the molecule is CC(C)(C)c1cc(C(=O)CN2Cc3ccc(C(=O)O)cc3C2=N)cc(C(C)(C)C)c1O.Cl. The van der Waals surface area contributed by atoms with Gasteiger partial charge in [0.15, 0.2) is 5.78 Å². The summed E-state index contributed by atoms with van der Waals surface area (Å²) in [4.78, 5) is 26.1. The second kappa shape index (κ2) is 8.58. The second-order valence-electron chi connectivity index (χ2n) is 10.2. The molecule has 0 saturated heterocycles. The number of hydrogen-bond acceptors (Lipinski definition) is 4. The standard InChI is InChI=1S/C25H30N2O4.ClH/c1-24(2,3)18-10-16(11-19(21(18)29)25(4,5)6)20(28)13-27-12-15-8-7-14(23(30)31)9-17(15)22(27)26;/h7-11,26,29H,12-13H2,1-6H3,(H,30,31);1H. The number of phenols is 1. The number of carbonyl (C=O) groups excluding carboxylic acids is 1. The van der Waals surface area contributed by atoms with Gasteiger partial charge in [-0.2, -0.15) is 0 Å². The Labute approximate surface area is 195 Å². The lowest BCUT2D eigenvalue weighted by Gasteiger charge is -2.28. The lowest BCUT2D eigenvalue weighted by atomic mass is 9.78. The smallest absolute Gasteiger partial charge is 0.335 e. The Balaban J connectivity index is 0.00000363. The molecule has 0 saturated carbocycles. The molecule has 0 amide bonds. The molecular formula is C25H31ClN2O4. The van der Waals surface area contributed by atoms with Crippen LogP contribution in [-0.4, -0.2) is 39.2 Å². The number of Topliss-reactive ketones (excluding diaryl/α,β-unsaturated/α-hetero) is 1. The maximum atomic E-state index is 13.2. The number of fused-ring (bicyclic) bond motifs is 1. The number of aromatic carboxylic acids is 1. The molecule has 0 aliphatic carbocycles. The van der Waals surface area contributed by atoms with Crippen LogP contribution >= 0.6 is 12.4 Å². The van der Waals surface area contributed by atoms with Crippen molar-refractivity contribution < 1.29 is 19.8 Å². The molecule has 0 spiro atoms. The van der Waals surface area contributed by atoms with Gasteiger partial charge in [0.2, 0.25) is 0 Å². The summed E-state index contributed by atoms with van der Waals surface area (Å²) in [6.45, 7) is 12.4. The number of halogens is 1. The molecule has 0 unspecified atom stereocenters. The van der Waals surface area contributed by atoms with Gasteiger partial charge in [0.1, 0.15) is 11.6 Å². The number of phenolic OH excluding ortho intramolecular Hbond substituents is 1. The van der Waals surface area contributed by atoms with E-state index in [1.54, 1.807) is 23.1 Å². The molecule has 2 aromatic rings. The van der Waals surface area contributed by atoms with Crippen LogP contribution in [0.5, 0.6) is 5.75 Å². The first-order valence-electron chi connectivity index (χ1n) is 10.3. The van der Waals surface area contributed by atoms with E-state index in [0.29, 0.717) is 28.8 Å². The van der Waals surface area contributed by atoms with Crippen molar-refractivity contribution in [2.75, 3.05) is 6.54 Å². The third-order valence-electron chi connectivity index (χ3n) is 5.67. The van der Waals surface area contributed by atoms with Crippen LogP contribution in [0, 0.1) is 5.41 Å². The van der Waals surface area contributed by atoms with E-state index in [1.807, 2.05) is 41.5 Å². The van der Waals surface area contributed by atoms with Gasteiger partial charge in [-0.25, -0.2) is 4.79 Å². The van der Waals surface area contributed by atoms with Crippen LogP contribution in [0.1, 0.15) is 84.5 Å². The van der Waals surface area contributed by atoms with Crippen LogP contribution in [0.3, 0.4) is 0 Å². The Hall–Kier alpha value is -2.86. The van der Waals surface area contributed by atoms with Crippen molar-refractivity contribution in [3.8, 4) is 5.75 Å². The van der Waals surface area contributed by atoms with Crippen LogP contribution in [0.15, 0.2) is 30.3 Å². The number of carboxylic acids is 1. The Morgan fingerprint density at radius 1 is 0.969 bits per heavy atom. The van der Waals surface area contributed by atoms with Crippen molar-refractivity contribution in [2.24, 2.45) is 0 Å². The van der Waals surface area contributed by atoms with Crippen molar-refractivity contribution in [1.82, 2.24) is 4.90 Å². The Morgan fingerprint density at radius 2 is 1.50 bits per heavy atom. The summed E-state index contributed by atoms with van der Waals surface area (Å²) in [5, 5.41) is 28.5. The predicted octanol–water partition coefficient (Wildman–Crippen LogP) is 5.13. The van der Waals surface area contributed by atoms with Crippen molar-refractivity contribution in [3.05, 3.63) is 63.7 Å². The number of aromatic hydroxyl groups is 1. The van der Waals surface area contributed by atoms with Crippen LogP contribution in [0.25, 0.3) is 0 Å². The average molecular weight is 459 g/mol. The minimum absolute atomic E-state index is 0. The summed E-state index contributed by atoms with van der Waals surface area (Å²) in [6, 6.07) is 8.21. The van der Waals surface area contributed by atoms with E-state index in [1.165, 1.54) is 12.1 Å². The maximum Gasteiger partial charge on any atom is 0.335 e. The summed E-state index contributed by atoms with van der Waals surface area (Å²) >= 11 is 0. The largest absolute Gasteiger partial charge is 0.507 e. The first-order valence-corrected chi connectivity index (χ1v) is 10.3. The molecular weight excluding hydrogens is 428 g/mol. The topological polar surface area (TPSA) is 102 Å². The van der Waals surface area contributed by atoms with Crippen molar-refractivity contribution in [2.45, 2.75) is 58.9 Å². The second-order valence-corrected chi connectivity index (χ2v) is 10.2. The molecule has 6 nitrogen and oxygen atoms in total. The van der Waals surface area contributed by atoms with Gasteiger partial charge in [-0.15, -0.1) is 12.4 Å². The molecule has 0 fully saturated rings. The first-order chi connectivity index (χ1) is 14.2. The molecule has 172 valence electrons. The normalized spacial score (nSPS) is 13.6. The van der Waals surface area contributed by atoms with Gasteiger partial charge in [0, 0.05) is 28.8 Å². The lowest BCUT2D eigenvalue weighted by Crippen LogP contribution is -2.30. The molecule has 1 heterocycles. The van der Waals surface area contributed by atoms with Crippen LogP contribution in [0.4, 0.5) is 0 Å². The summed E-state index contributed by atoms with van der Waals surface area (Å²) < 4.78 is 0. The molecule has 3 rings (SSSR count). The van der Waals surface area contributed by atoms with Gasteiger partial charge >= 0.3 is 5.97 Å². The van der Waals surface area contributed by atoms with Crippen molar-refractivity contribution in [1.29, 1.82) is 5.41 Å². The third-order valence-corrected chi connectivity index (χ3v) is 5.67. The fraction of sp³-hybridized carbons (Fsp3) is 0.400. The molecule has 0 aromatic heterocycles. The molecule has 0 bridgehead atoms. The van der Waals surface area contributed by atoms with Crippen LogP contribution in [0.2, 0.25) is 0 Å². The summed E-state index contributed by atoms with van der Waals surface area (Å²) in [5.41, 5.74) is 2.75. The van der Waals surface area contributed by atoms with Crippen molar-refractivity contribution in [3.63, 3.8) is 0 Å². The van der Waals surface area contributed by atoms with Gasteiger partial charge in [-0.1, -0.05) is 47.6 Å². The highest BCUT2D eigenvalue weighted by molar-refractivity contribution is 6.06. The Bertz CT molecular complexity index is 1060. The number of nitrogens with zero attached hydrogens (tertiary/aromatic N) is 1. The summed E-state index contributed by atoms with van der Waals surface area (Å²) in [5.74, 6) is -0.818. The van der Waals surface area contributed by atoms with E-state index < -0.39 is 5.97 Å². The number of benzene rings is 2. The number of nitrogens with one attached hydrogen (secondary N) is 1. The van der Waals surface area contributed by atoms with E-state index in [9.17, 15) is 19.8 Å². The van der Waals surface area contributed by atoms with E-state index in [-0.39, 0.29) is 52.7 Å². The van der Waals surface area contributed by atoms with E-state index in [2.05, 4.69) is 0 Å². The number of carbonyl (C=O) groups is 2. The minimum Gasteiger partial charge on any atom is -0.507 e. The highest BCUT2D eigenvalue weighted by Gasteiger charge is 2.30. The highest BCUT2D eigenvalue weighted by Crippen LogP contribution is 2.40. The van der Waals surface area contributed by atoms with Gasteiger partial charge in [-0.3, -0.25) is 10.2 Å². The lowest BCUT2D eigenvalue weighted by molar-refractivity contribution is 0.0696. The van der Waals surface area contributed by atoms with E-state index >= 15 is 0 Å². The van der Waals surface area contributed by atoms with Crippen LogP contribution in [-0.2, 0) is 17.4 Å². The van der Waals surface area contributed by atoms with Gasteiger partial charge < -0.3 is 15.1 Å². The zero-order valence-corrected chi connectivity index (χ0v) is 20.2. The Morgan fingerprint density at radius 3 is 1.97 bits per heavy atom. The first kappa shape index (κ1) is 25.4. The molecule has 1 aliphatic rings. The zero-order valence-electron chi connectivity index (χ0n) is 19.4. The van der Waals surface area contributed by atoms with Gasteiger partial charge in [-0.05, 0) is 40.7 Å². The molecule has 3 N–H and O–H groups in total. The molecule has 0 radical (unpaired) electrons. The average Bonchev–Trinajstić information content (AvgIpc) is 2.95. The zero-order chi connectivity index (χ0) is 23.3. The van der Waals surface area contributed by atoms with E-state index in [0.717, 1.165) is 5.56 Å². The number of carboxylic acid groups (broad SMARTS) is 1. The number of hydrogen-bond donors (Lipinski definition) is 3. The molecule has 2 aromatic carbocycles. The molecule has 7 heteroatoms. The van der Waals surface area contributed by atoms with E-state index in [4.69, 9.17) is 5.41 Å². The summed E-state index contributed by atoms with van der Waals surface area (Å²) in [6.07, 6.45) is 0. The fourth-order valence-electron chi connectivity index (χ4n) is 3.86. The summed E-state index contributed by atoms with van der Waals surface area (Å²) in [7, 11) is 0. The van der Waals surface area contributed by atoms with Crippen molar-refractivity contribution >= 4 is 30.0 Å². The molecule has 0 atom stereocenters. The number of rotatable bonds is 4. The number of amidine groups is 1. The fourth-order valence-corrected chi connectivity index (χ4v) is 3.86. The van der Waals surface area contributed by atoms with Gasteiger partial charge in [0.05, 0.1) is 12.1 Å². The van der Waals surface area contributed by atoms with Gasteiger partial charge in [0.25, 0.3) is 0 Å². The maximum absolute atomic E-state index is 13.2. The Kier molecular flexibility index (Phi) is 6.81. The predicted molar refractivity (Wildman–Crippen MR) is 128 cm³/mol. The molecule has 32 heavy (non-hydrogen) atoms. The molecule has 1 aliphatic heterocycles. The number of ketones is 1.